The minimum atomic E-state index is -0.394. The van der Waals surface area contributed by atoms with Crippen LogP contribution in [0.5, 0.6) is 5.75 Å². The Morgan fingerprint density at radius 1 is 1.00 bits per heavy atom. The molecule has 0 saturated carbocycles. The lowest BCUT2D eigenvalue weighted by Crippen LogP contribution is -2.43. The standard InChI is InChI=1S/C23H20Cl2N2O2/c1-2-13-29-17-10-7-15(8-11-17)22-26-21-6-4-3-5-18(21)23(28)27(22)16-9-12-19(24)20(25)14-16/h3-12,14,22,26H,2,13H2,1H3/t22-/m1/s1. The lowest BCUT2D eigenvalue weighted by molar-refractivity contribution is 0.0975. The summed E-state index contributed by atoms with van der Waals surface area (Å²) in [7, 11) is 0. The van der Waals surface area contributed by atoms with Crippen LogP contribution in [0.25, 0.3) is 0 Å². The number of halogens is 2. The molecule has 0 bridgehead atoms. The first-order valence-electron chi connectivity index (χ1n) is 9.45. The van der Waals surface area contributed by atoms with Crippen molar-refractivity contribution in [3.63, 3.8) is 0 Å². The molecule has 3 aromatic carbocycles. The first kappa shape index (κ1) is 19.6. The Morgan fingerprint density at radius 3 is 2.48 bits per heavy atom. The SMILES string of the molecule is CCCOc1ccc([C@@H]2Nc3ccccc3C(=O)N2c2ccc(Cl)c(Cl)c2)cc1. The summed E-state index contributed by atoms with van der Waals surface area (Å²) in [5.41, 5.74) is 3.01. The summed E-state index contributed by atoms with van der Waals surface area (Å²) in [6.45, 7) is 2.74. The Bertz CT molecular complexity index is 1040. The third-order valence-electron chi connectivity index (χ3n) is 4.78. The van der Waals surface area contributed by atoms with Crippen molar-refractivity contribution in [3.05, 3.63) is 87.9 Å². The predicted molar refractivity (Wildman–Crippen MR) is 118 cm³/mol. The van der Waals surface area contributed by atoms with Crippen LogP contribution in [0.1, 0.15) is 35.4 Å². The van der Waals surface area contributed by atoms with E-state index in [1.54, 1.807) is 23.1 Å². The quantitative estimate of drug-likeness (QED) is 0.502. The number of carbonyl (C=O) groups excluding carboxylic acids is 1. The van der Waals surface area contributed by atoms with Crippen molar-refractivity contribution in [2.45, 2.75) is 19.5 Å². The van der Waals surface area contributed by atoms with Gasteiger partial charge in [-0.1, -0.05) is 54.4 Å². The molecule has 1 atom stereocenters. The van der Waals surface area contributed by atoms with Crippen molar-refractivity contribution >= 4 is 40.5 Å². The highest BCUT2D eigenvalue weighted by Gasteiger charge is 2.34. The first-order valence-corrected chi connectivity index (χ1v) is 10.2. The topological polar surface area (TPSA) is 41.6 Å². The number of benzene rings is 3. The van der Waals surface area contributed by atoms with E-state index in [-0.39, 0.29) is 5.91 Å². The number of nitrogens with one attached hydrogen (secondary N) is 1. The molecule has 1 aliphatic rings. The molecule has 1 amide bonds. The molecular formula is C23H20Cl2N2O2. The molecule has 0 radical (unpaired) electrons. The zero-order valence-corrected chi connectivity index (χ0v) is 17.4. The fraction of sp³-hybridized carbons (Fsp3) is 0.174. The Kier molecular flexibility index (Phi) is 5.65. The average Bonchev–Trinajstić information content (AvgIpc) is 2.75. The van der Waals surface area contributed by atoms with Gasteiger partial charge in [-0.15, -0.1) is 0 Å². The van der Waals surface area contributed by atoms with Crippen molar-refractivity contribution < 1.29 is 9.53 Å². The maximum absolute atomic E-state index is 13.4. The van der Waals surface area contributed by atoms with Crippen LogP contribution in [-0.4, -0.2) is 12.5 Å². The average molecular weight is 427 g/mol. The molecule has 0 saturated heterocycles. The molecular weight excluding hydrogens is 407 g/mol. The normalized spacial score (nSPS) is 15.6. The van der Waals surface area contributed by atoms with Gasteiger partial charge in [0, 0.05) is 11.4 Å². The molecule has 3 aromatic rings. The second-order valence-electron chi connectivity index (χ2n) is 6.78. The van der Waals surface area contributed by atoms with Gasteiger partial charge in [0.15, 0.2) is 0 Å². The van der Waals surface area contributed by atoms with Gasteiger partial charge in [0.1, 0.15) is 11.9 Å². The van der Waals surface area contributed by atoms with Crippen molar-refractivity contribution in [1.29, 1.82) is 0 Å². The zero-order chi connectivity index (χ0) is 20.4. The van der Waals surface area contributed by atoms with Gasteiger partial charge in [0.05, 0.1) is 22.2 Å². The minimum Gasteiger partial charge on any atom is -0.494 e. The smallest absolute Gasteiger partial charge is 0.262 e. The third kappa shape index (κ3) is 3.91. The number of ether oxygens (including phenoxy) is 1. The Hall–Kier alpha value is -2.69. The van der Waals surface area contributed by atoms with E-state index in [0.29, 0.717) is 27.9 Å². The van der Waals surface area contributed by atoms with E-state index < -0.39 is 6.17 Å². The first-order chi connectivity index (χ1) is 14.1. The largest absolute Gasteiger partial charge is 0.494 e. The Labute approximate surface area is 180 Å². The van der Waals surface area contributed by atoms with Crippen LogP contribution in [0.4, 0.5) is 11.4 Å². The summed E-state index contributed by atoms with van der Waals surface area (Å²) >= 11 is 12.3. The van der Waals surface area contributed by atoms with Gasteiger partial charge in [-0.05, 0) is 54.4 Å². The number of para-hydroxylation sites is 1. The van der Waals surface area contributed by atoms with Crippen LogP contribution in [0.2, 0.25) is 10.0 Å². The summed E-state index contributed by atoms with van der Waals surface area (Å²) in [6, 6.07) is 20.5. The number of rotatable bonds is 5. The van der Waals surface area contributed by atoms with E-state index in [1.165, 1.54) is 0 Å². The van der Waals surface area contributed by atoms with Crippen molar-refractivity contribution in [1.82, 2.24) is 0 Å². The third-order valence-corrected chi connectivity index (χ3v) is 5.52. The van der Waals surface area contributed by atoms with E-state index >= 15 is 0 Å². The van der Waals surface area contributed by atoms with Gasteiger partial charge in [-0.25, -0.2) is 0 Å². The van der Waals surface area contributed by atoms with Crippen molar-refractivity contribution in [2.24, 2.45) is 0 Å². The van der Waals surface area contributed by atoms with Gasteiger partial charge >= 0.3 is 0 Å². The van der Waals surface area contributed by atoms with Crippen LogP contribution in [0, 0.1) is 0 Å². The van der Waals surface area contributed by atoms with Gasteiger partial charge in [0.25, 0.3) is 5.91 Å². The van der Waals surface area contributed by atoms with Gasteiger partial charge in [-0.2, -0.15) is 0 Å². The number of nitrogens with zero attached hydrogens (tertiary/aromatic N) is 1. The molecule has 4 rings (SSSR count). The van der Waals surface area contributed by atoms with Crippen LogP contribution in [-0.2, 0) is 0 Å². The van der Waals surface area contributed by atoms with E-state index in [0.717, 1.165) is 23.4 Å². The second kappa shape index (κ2) is 8.36. The summed E-state index contributed by atoms with van der Waals surface area (Å²) in [4.78, 5) is 15.1. The zero-order valence-electron chi connectivity index (χ0n) is 15.9. The van der Waals surface area contributed by atoms with E-state index in [1.807, 2.05) is 48.5 Å². The molecule has 1 aliphatic heterocycles. The van der Waals surface area contributed by atoms with E-state index in [4.69, 9.17) is 27.9 Å². The molecule has 0 spiro atoms. The molecule has 148 valence electrons. The van der Waals surface area contributed by atoms with Crippen LogP contribution in [0.3, 0.4) is 0 Å². The monoisotopic (exact) mass is 426 g/mol. The minimum absolute atomic E-state index is 0.103. The lowest BCUT2D eigenvalue weighted by Gasteiger charge is -2.38. The highest BCUT2D eigenvalue weighted by atomic mass is 35.5. The van der Waals surface area contributed by atoms with Crippen molar-refractivity contribution in [2.75, 3.05) is 16.8 Å². The van der Waals surface area contributed by atoms with E-state index in [9.17, 15) is 4.79 Å². The summed E-state index contributed by atoms with van der Waals surface area (Å²) in [5.74, 6) is 0.702. The number of anilines is 2. The molecule has 0 aromatic heterocycles. The second-order valence-corrected chi connectivity index (χ2v) is 7.60. The van der Waals surface area contributed by atoms with Gasteiger partial charge in [0.2, 0.25) is 0 Å². The predicted octanol–water partition coefficient (Wildman–Crippen LogP) is 6.55. The molecule has 0 fully saturated rings. The summed E-state index contributed by atoms with van der Waals surface area (Å²) in [5, 5.41) is 4.32. The number of amides is 1. The van der Waals surface area contributed by atoms with Gasteiger partial charge in [-0.3, -0.25) is 9.69 Å². The van der Waals surface area contributed by atoms with Crippen molar-refractivity contribution in [3.8, 4) is 5.75 Å². The summed E-state index contributed by atoms with van der Waals surface area (Å²) < 4.78 is 5.68. The molecule has 0 unspecified atom stereocenters. The molecule has 29 heavy (non-hydrogen) atoms. The van der Waals surface area contributed by atoms with Crippen LogP contribution >= 0.6 is 23.2 Å². The Morgan fingerprint density at radius 2 is 1.76 bits per heavy atom. The fourth-order valence-corrected chi connectivity index (χ4v) is 3.65. The van der Waals surface area contributed by atoms with Gasteiger partial charge < -0.3 is 10.1 Å². The molecule has 1 N–H and O–H groups in total. The number of carbonyl (C=O) groups is 1. The molecule has 4 nitrogen and oxygen atoms in total. The molecule has 1 heterocycles. The lowest BCUT2D eigenvalue weighted by atomic mass is 10.0. The summed E-state index contributed by atoms with van der Waals surface area (Å²) in [6.07, 6.45) is 0.553. The van der Waals surface area contributed by atoms with Crippen LogP contribution in [0.15, 0.2) is 66.7 Å². The number of fused-ring (bicyclic) bond motifs is 1. The molecule has 6 heteroatoms. The molecule has 0 aliphatic carbocycles. The maximum atomic E-state index is 13.4. The number of hydrogen-bond donors (Lipinski definition) is 1. The highest BCUT2D eigenvalue weighted by molar-refractivity contribution is 6.42. The maximum Gasteiger partial charge on any atom is 0.262 e. The highest BCUT2D eigenvalue weighted by Crippen LogP contribution is 2.38. The fourth-order valence-electron chi connectivity index (χ4n) is 3.35. The number of hydrogen-bond acceptors (Lipinski definition) is 3. The van der Waals surface area contributed by atoms with Crippen LogP contribution < -0.4 is 15.0 Å². The Balaban J connectivity index is 1.76. The van der Waals surface area contributed by atoms with E-state index in [2.05, 4.69) is 12.2 Å².